The highest BCUT2D eigenvalue weighted by Crippen LogP contribution is 2.32. The van der Waals surface area contributed by atoms with E-state index in [1.54, 1.807) is 30.4 Å². The molecule has 1 aromatic heterocycles. The third-order valence-electron chi connectivity index (χ3n) is 4.03. The Morgan fingerprint density at radius 3 is 2.91 bits per heavy atom. The summed E-state index contributed by atoms with van der Waals surface area (Å²) in [4.78, 5) is 17.9. The van der Waals surface area contributed by atoms with Crippen molar-refractivity contribution in [3.05, 3.63) is 65.2 Å². The summed E-state index contributed by atoms with van der Waals surface area (Å²) in [5, 5.41) is 2.99. The summed E-state index contributed by atoms with van der Waals surface area (Å²) in [6, 6.07) is 8.54. The van der Waals surface area contributed by atoms with Crippen LogP contribution in [-0.2, 0) is 13.0 Å². The van der Waals surface area contributed by atoms with Crippen LogP contribution in [0.1, 0.15) is 29.2 Å². The summed E-state index contributed by atoms with van der Waals surface area (Å²) >= 11 is 0. The average molecular weight is 299 g/mol. The minimum atomic E-state index is -0.181. The van der Waals surface area contributed by atoms with E-state index in [0.29, 0.717) is 13.0 Å². The highest BCUT2D eigenvalue weighted by atomic mass is 19.1. The van der Waals surface area contributed by atoms with E-state index in [-0.39, 0.29) is 17.9 Å². The molecule has 1 aliphatic carbocycles. The van der Waals surface area contributed by atoms with Crippen molar-refractivity contribution in [2.75, 3.05) is 7.05 Å². The SMILES string of the molecule is CN(Cc1ccncc1)C(=O)NC1CCc2c(F)cccc21. The molecule has 5 heteroatoms. The van der Waals surface area contributed by atoms with Crippen LogP contribution in [-0.4, -0.2) is 23.0 Å². The Kier molecular flexibility index (Phi) is 4.04. The lowest BCUT2D eigenvalue weighted by Gasteiger charge is -2.21. The third-order valence-corrected chi connectivity index (χ3v) is 4.03. The maximum Gasteiger partial charge on any atom is 0.317 e. The maximum atomic E-state index is 13.7. The fourth-order valence-electron chi connectivity index (χ4n) is 2.85. The Morgan fingerprint density at radius 1 is 1.36 bits per heavy atom. The van der Waals surface area contributed by atoms with Gasteiger partial charge in [-0.1, -0.05) is 12.1 Å². The van der Waals surface area contributed by atoms with Crippen LogP contribution in [0.2, 0.25) is 0 Å². The molecule has 1 N–H and O–H groups in total. The van der Waals surface area contributed by atoms with Crippen molar-refractivity contribution in [3.8, 4) is 0 Å². The first-order valence-electron chi connectivity index (χ1n) is 7.33. The number of halogens is 1. The molecule has 4 nitrogen and oxygen atoms in total. The van der Waals surface area contributed by atoms with Crippen LogP contribution in [0, 0.1) is 5.82 Å². The minimum absolute atomic E-state index is 0.113. The van der Waals surface area contributed by atoms with E-state index in [1.807, 2.05) is 18.2 Å². The van der Waals surface area contributed by atoms with Gasteiger partial charge in [0.15, 0.2) is 0 Å². The first-order chi connectivity index (χ1) is 10.6. The monoisotopic (exact) mass is 299 g/mol. The Bertz CT molecular complexity index is 675. The summed E-state index contributed by atoms with van der Waals surface area (Å²) in [5.74, 6) is -0.181. The number of urea groups is 1. The van der Waals surface area contributed by atoms with Crippen molar-refractivity contribution < 1.29 is 9.18 Å². The number of hydrogen-bond donors (Lipinski definition) is 1. The number of pyridine rings is 1. The van der Waals surface area contributed by atoms with Crippen LogP contribution in [0.25, 0.3) is 0 Å². The number of rotatable bonds is 3. The van der Waals surface area contributed by atoms with Gasteiger partial charge in [0.05, 0.1) is 6.04 Å². The molecule has 1 unspecified atom stereocenters. The van der Waals surface area contributed by atoms with Crippen LogP contribution < -0.4 is 5.32 Å². The van der Waals surface area contributed by atoms with E-state index in [1.165, 1.54) is 6.07 Å². The Balaban J connectivity index is 1.65. The van der Waals surface area contributed by atoms with Crippen molar-refractivity contribution in [2.24, 2.45) is 0 Å². The minimum Gasteiger partial charge on any atom is -0.331 e. The summed E-state index contributed by atoms with van der Waals surface area (Å²) in [6.45, 7) is 0.511. The van der Waals surface area contributed by atoms with Crippen LogP contribution in [0.4, 0.5) is 9.18 Å². The molecule has 1 heterocycles. The molecule has 1 aromatic carbocycles. The molecule has 0 radical (unpaired) electrons. The highest BCUT2D eigenvalue weighted by molar-refractivity contribution is 5.74. The van der Waals surface area contributed by atoms with Crippen LogP contribution >= 0.6 is 0 Å². The van der Waals surface area contributed by atoms with Crippen LogP contribution in [0.5, 0.6) is 0 Å². The molecule has 2 aromatic rings. The molecule has 0 spiro atoms. The van der Waals surface area contributed by atoms with Crippen molar-refractivity contribution >= 4 is 6.03 Å². The molecular formula is C17H18FN3O. The van der Waals surface area contributed by atoms with Gasteiger partial charge >= 0.3 is 6.03 Å². The number of carbonyl (C=O) groups is 1. The maximum absolute atomic E-state index is 13.7. The Morgan fingerprint density at radius 2 is 2.14 bits per heavy atom. The van der Waals surface area contributed by atoms with E-state index in [9.17, 15) is 9.18 Å². The predicted octanol–water partition coefficient (Wildman–Crippen LogP) is 3.05. The first-order valence-corrected chi connectivity index (χ1v) is 7.33. The van der Waals surface area contributed by atoms with E-state index in [2.05, 4.69) is 10.3 Å². The lowest BCUT2D eigenvalue weighted by molar-refractivity contribution is 0.202. The summed E-state index contributed by atoms with van der Waals surface area (Å²) in [5.41, 5.74) is 2.64. The van der Waals surface area contributed by atoms with Gasteiger partial charge in [-0.3, -0.25) is 4.98 Å². The lowest BCUT2D eigenvalue weighted by atomic mass is 10.1. The second-order valence-corrected chi connectivity index (χ2v) is 5.56. The molecule has 0 saturated heterocycles. The van der Waals surface area contributed by atoms with Gasteiger partial charge in [-0.2, -0.15) is 0 Å². The lowest BCUT2D eigenvalue weighted by Crippen LogP contribution is -2.38. The van der Waals surface area contributed by atoms with E-state index < -0.39 is 0 Å². The second kappa shape index (κ2) is 6.13. The highest BCUT2D eigenvalue weighted by Gasteiger charge is 2.26. The molecule has 22 heavy (non-hydrogen) atoms. The van der Waals surface area contributed by atoms with Gasteiger partial charge in [-0.15, -0.1) is 0 Å². The molecule has 0 saturated carbocycles. The van der Waals surface area contributed by atoms with Crippen LogP contribution in [0.3, 0.4) is 0 Å². The quantitative estimate of drug-likeness (QED) is 0.946. The normalized spacial score (nSPS) is 16.2. The van der Waals surface area contributed by atoms with Gasteiger partial charge in [-0.05, 0) is 47.7 Å². The standard InChI is InChI=1S/C17H18FN3O/c1-21(11-12-7-9-19-10-8-12)17(22)20-16-6-5-13-14(16)3-2-4-15(13)18/h2-4,7-10,16H,5-6,11H2,1H3,(H,20,22). The second-order valence-electron chi connectivity index (χ2n) is 5.56. The zero-order valence-electron chi connectivity index (χ0n) is 12.4. The Hall–Kier alpha value is -2.43. The number of nitrogens with zero attached hydrogens (tertiary/aromatic N) is 2. The van der Waals surface area contributed by atoms with Crippen molar-refractivity contribution in [3.63, 3.8) is 0 Å². The molecule has 1 aliphatic rings. The molecule has 2 amide bonds. The zero-order valence-corrected chi connectivity index (χ0v) is 12.4. The number of fused-ring (bicyclic) bond motifs is 1. The fraction of sp³-hybridized carbons (Fsp3) is 0.294. The van der Waals surface area contributed by atoms with Crippen molar-refractivity contribution in [1.82, 2.24) is 15.2 Å². The molecule has 114 valence electrons. The Labute approximate surface area is 129 Å². The largest absolute Gasteiger partial charge is 0.331 e. The van der Waals surface area contributed by atoms with Gasteiger partial charge in [0, 0.05) is 26.0 Å². The molecule has 3 rings (SSSR count). The average Bonchev–Trinajstić information content (AvgIpc) is 2.93. The molecule has 0 bridgehead atoms. The van der Waals surface area contributed by atoms with Gasteiger partial charge in [0.2, 0.25) is 0 Å². The number of aromatic nitrogens is 1. The van der Waals surface area contributed by atoms with Gasteiger partial charge < -0.3 is 10.2 Å². The molecule has 1 atom stereocenters. The zero-order chi connectivity index (χ0) is 15.5. The van der Waals surface area contributed by atoms with Gasteiger partial charge in [-0.25, -0.2) is 9.18 Å². The first kappa shape index (κ1) is 14.5. The van der Waals surface area contributed by atoms with E-state index in [0.717, 1.165) is 23.1 Å². The summed E-state index contributed by atoms with van der Waals surface area (Å²) < 4.78 is 13.7. The van der Waals surface area contributed by atoms with Gasteiger partial charge in [0.25, 0.3) is 0 Å². The van der Waals surface area contributed by atoms with Crippen molar-refractivity contribution in [1.29, 1.82) is 0 Å². The number of nitrogens with one attached hydrogen (secondary N) is 1. The molecule has 0 aliphatic heterocycles. The van der Waals surface area contributed by atoms with Crippen LogP contribution in [0.15, 0.2) is 42.7 Å². The number of amides is 2. The van der Waals surface area contributed by atoms with Crippen molar-refractivity contribution in [2.45, 2.75) is 25.4 Å². The topological polar surface area (TPSA) is 45.2 Å². The third kappa shape index (κ3) is 2.93. The number of benzene rings is 1. The fourth-order valence-corrected chi connectivity index (χ4v) is 2.85. The smallest absolute Gasteiger partial charge is 0.317 e. The predicted molar refractivity (Wildman–Crippen MR) is 81.7 cm³/mol. The molecule has 0 fully saturated rings. The number of hydrogen-bond acceptors (Lipinski definition) is 2. The summed E-state index contributed by atoms with van der Waals surface area (Å²) in [6.07, 6.45) is 4.82. The number of carbonyl (C=O) groups excluding carboxylic acids is 1. The van der Waals surface area contributed by atoms with Gasteiger partial charge in [0.1, 0.15) is 5.82 Å². The summed E-state index contributed by atoms with van der Waals surface area (Å²) in [7, 11) is 1.75. The molecular weight excluding hydrogens is 281 g/mol. The van der Waals surface area contributed by atoms with E-state index >= 15 is 0 Å². The van der Waals surface area contributed by atoms with E-state index in [4.69, 9.17) is 0 Å².